The first-order chi connectivity index (χ1) is 7.52. The molecule has 0 saturated carbocycles. The van der Waals surface area contributed by atoms with Crippen LogP contribution >= 0.6 is 0 Å². The predicted molar refractivity (Wildman–Crippen MR) is 64.0 cm³/mol. The first-order valence-electron chi connectivity index (χ1n) is 5.50. The van der Waals surface area contributed by atoms with Gasteiger partial charge in [-0.15, -0.1) is 0 Å². The number of ketones is 1. The molecular weight excluding hydrogens is 200 g/mol. The molecule has 1 aromatic rings. The van der Waals surface area contributed by atoms with Crippen molar-refractivity contribution in [3.63, 3.8) is 0 Å². The molecule has 2 nitrogen and oxygen atoms in total. The highest BCUT2D eigenvalue weighted by molar-refractivity contribution is 6.04. The molecule has 0 atom stereocenters. The molecular formula is C14H16O2. The van der Waals surface area contributed by atoms with E-state index in [1.165, 1.54) is 6.08 Å². The Hall–Kier alpha value is -1.57. The number of ether oxygens (including phenoxy) is 1. The van der Waals surface area contributed by atoms with Gasteiger partial charge in [0.2, 0.25) is 0 Å². The second kappa shape index (κ2) is 3.78. The third kappa shape index (κ3) is 2.01. The SMILES string of the molecule is C=CC(=O)c1ccc2c(c1)CCC(C)(C)O2. The third-order valence-electron chi connectivity index (χ3n) is 2.91. The van der Waals surface area contributed by atoms with Gasteiger partial charge in [-0.1, -0.05) is 6.58 Å². The van der Waals surface area contributed by atoms with E-state index >= 15 is 0 Å². The quantitative estimate of drug-likeness (QED) is 0.560. The van der Waals surface area contributed by atoms with E-state index in [4.69, 9.17) is 4.74 Å². The molecule has 0 radical (unpaired) electrons. The second-order valence-corrected chi connectivity index (χ2v) is 4.75. The maximum absolute atomic E-state index is 11.5. The molecule has 0 N–H and O–H groups in total. The van der Waals surface area contributed by atoms with Gasteiger partial charge in [0, 0.05) is 5.56 Å². The summed E-state index contributed by atoms with van der Waals surface area (Å²) in [6.07, 6.45) is 3.28. The van der Waals surface area contributed by atoms with Gasteiger partial charge in [0.1, 0.15) is 11.4 Å². The average Bonchev–Trinajstić information content (AvgIpc) is 2.26. The minimum absolute atomic E-state index is 0.0346. The number of allylic oxidation sites excluding steroid dienone is 1. The van der Waals surface area contributed by atoms with E-state index < -0.39 is 0 Å². The first kappa shape index (κ1) is 10.9. The summed E-state index contributed by atoms with van der Waals surface area (Å²) in [4.78, 5) is 11.5. The molecule has 0 amide bonds. The molecule has 0 bridgehead atoms. The van der Waals surface area contributed by atoms with Crippen LogP contribution in [0.4, 0.5) is 0 Å². The van der Waals surface area contributed by atoms with Gasteiger partial charge in [-0.05, 0) is 56.5 Å². The molecule has 1 aliphatic heterocycles. The lowest BCUT2D eigenvalue weighted by atomic mass is 9.93. The average molecular weight is 216 g/mol. The minimum atomic E-state index is -0.100. The number of carbonyl (C=O) groups is 1. The van der Waals surface area contributed by atoms with E-state index in [1.807, 2.05) is 12.1 Å². The van der Waals surface area contributed by atoms with Gasteiger partial charge in [0.05, 0.1) is 0 Å². The number of benzene rings is 1. The van der Waals surface area contributed by atoms with Crippen molar-refractivity contribution < 1.29 is 9.53 Å². The maximum Gasteiger partial charge on any atom is 0.185 e. The van der Waals surface area contributed by atoms with Crippen molar-refractivity contribution in [3.05, 3.63) is 42.0 Å². The topological polar surface area (TPSA) is 26.3 Å². The Morgan fingerprint density at radius 3 is 2.94 bits per heavy atom. The molecule has 0 aliphatic carbocycles. The zero-order valence-corrected chi connectivity index (χ0v) is 9.75. The summed E-state index contributed by atoms with van der Waals surface area (Å²) in [5, 5.41) is 0. The lowest BCUT2D eigenvalue weighted by Gasteiger charge is -2.32. The zero-order chi connectivity index (χ0) is 11.8. The lowest BCUT2D eigenvalue weighted by molar-refractivity contribution is 0.0846. The van der Waals surface area contributed by atoms with Crippen LogP contribution in [-0.4, -0.2) is 11.4 Å². The molecule has 84 valence electrons. The molecule has 1 aliphatic rings. The molecule has 16 heavy (non-hydrogen) atoms. The van der Waals surface area contributed by atoms with Crippen molar-refractivity contribution in [1.29, 1.82) is 0 Å². The Morgan fingerprint density at radius 2 is 2.25 bits per heavy atom. The fraction of sp³-hybridized carbons (Fsp3) is 0.357. The molecule has 0 saturated heterocycles. The Kier molecular flexibility index (Phi) is 2.58. The van der Waals surface area contributed by atoms with Crippen molar-refractivity contribution in [2.45, 2.75) is 32.3 Å². The highest BCUT2D eigenvalue weighted by Crippen LogP contribution is 2.33. The Balaban J connectivity index is 2.35. The van der Waals surface area contributed by atoms with Crippen LogP contribution in [0.5, 0.6) is 5.75 Å². The number of aryl methyl sites for hydroxylation is 1. The van der Waals surface area contributed by atoms with Gasteiger partial charge < -0.3 is 4.74 Å². The van der Waals surface area contributed by atoms with Crippen LogP contribution in [0.3, 0.4) is 0 Å². The smallest absolute Gasteiger partial charge is 0.185 e. The van der Waals surface area contributed by atoms with Crippen molar-refractivity contribution in [2.24, 2.45) is 0 Å². The van der Waals surface area contributed by atoms with Crippen LogP contribution in [0.25, 0.3) is 0 Å². The summed E-state index contributed by atoms with van der Waals surface area (Å²) < 4.78 is 5.85. The van der Waals surface area contributed by atoms with Crippen LogP contribution in [-0.2, 0) is 6.42 Å². The van der Waals surface area contributed by atoms with Gasteiger partial charge in [-0.2, -0.15) is 0 Å². The van der Waals surface area contributed by atoms with Gasteiger partial charge in [0.15, 0.2) is 5.78 Å². The molecule has 0 spiro atoms. The summed E-state index contributed by atoms with van der Waals surface area (Å²) in [5.74, 6) is 0.865. The van der Waals surface area contributed by atoms with Gasteiger partial charge in [-0.25, -0.2) is 0 Å². The highest BCUT2D eigenvalue weighted by Gasteiger charge is 2.26. The summed E-state index contributed by atoms with van der Waals surface area (Å²) in [6.45, 7) is 7.66. The number of carbonyl (C=O) groups excluding carboxylic acids is 1. The number of rotatable bonds is 2. The van der Waals surface area contributed by atoms with E-state index in [0.717, 1.165) is 24.2 Å². The molecule has 1 heterocycles. The predicted octanol–water partition coefficient (Wildman–Crippen LogP) is 3.16. The number of fused-ring (bicyclic) bond motifs is 1. The van der Waals surface area contributed by atoms with Crippen molar-refractivity contribution in [1.82, 2.24) is 0 Å². The minimum Gasteiger partial charge on any atom is -0.488 e. The van der Waals surface area contributed by atoms with Crippen molar-refractivity contribution >= 4 is 5.78 Å². The normalized spacial score (nSPS) is 17.1. The number of hydrogen-bond acceptors (Lipinski definition) is 2. The van der Waals surface area contributed by atoms with Crippen molar-refractivity contribution in [3.8, 4) is 5.75 Å². The third-order valence-corrected chi connectivity index (χ3v) is 2.91. The van der Waals surface area contributed by atoms with Crippen LogP contribution in [0.2, 0.25) is 0 Å². The van der Waals surface area contributed by atoms with Crippen molar-refractivity contribution in [2.75, 3.05) is 0 Å². The monoisotopic (exact) mass is 216 g/mol. The van der Waals surface area contributed by atoms with Crippen LogP contribution in [0.15, 0.2) is 30.9 Å². The molecule has 2 heteroatoms. The Labute approximate surface area is 95.9 Å². The summed E-state index contributed by atoms with van der Waals surface area (Å²) >= 11 is 0. The van der Waals surface area contributed by atoms with Crippen LogP contribution in [0, 0.1) is 0 Å². The van der Waals surface area contributed by atoms with E-state index in [2.05, 4.69) is 20.4 Å². The largest absolute Gasteiger partial charge is 0.488 e. The summed E-state index contributed by atoms with van der Waals surface area (Å²) in [5.41, 5.74) is 1.71. The fourth-order valence-electron chi connectivity index (χ4n) is 1.93. The van der Waals surface area contributed by atoms with Crippen LogP contribution < -0.4 is 4.74 Å². The molecule has 1 aromatic carbocycles. The van der Waals surface area contributed by atoms with Gasteiger partial charge in [-0.3, -0.25) is 4.79 Å². The number of hydrogen-bond donors (Lipinski definition) is 0. The van der Waals surface area contributed by atoms with Gasteiger partial charge in [0.25, 0.3) is 0 Å². The second-order valence-electron chi connectivity index (χ2n) is 4.75. The lowest BCUT2D eigenvalue weighted by Crippen LogP contribution is -2.32. The molecule has 0 fully saturated rings. The van der Waals surface area contributed by atoms with Gasteiger partial charge >= 0.3 is 0 Å². The van der Waals surface area contributed by atoms with E-state index in [-0.39, 0.29) is 11.4 Å². The fourth-order valence-corrected chi connectivity index (χ4v) is 1.93. The Morgan fingerprint density at radius 1 is 1.50 bits per heavy atom. The molecule has 0 aromatic heterocycles. The Bertz CT molecular complexity index is 444. The standard InChI is InChI=1S/C14H16O2/c1-4-12(15)10-5-6-13-11(9-10)7-8-14(2,3)16-13/h4-6,9H,1,7-8H2,2-3H3. The highest BCUT2D eigenvalue weighted by atomic mass is 16.5. The van der Waals surface area contributed by atoms with E-state index in [1.54, 1.807) is 6.07 Å². The van der Waals surface area contributed by atoms with E-state index in [0.29, 0.717) is 5.56 Å². The zero-order valence-electron chi connectivity index (χ0n) is 9.75. The first-order valence-corrected chi connectivity index (χ1v) is 5.50. The van der Waals surface area contributed by atoms with Crippen LogP contribution in [0.1, 0.15) is 36.2 Å². The van der Waals surface area contributed by atoms with E-state index in [9.17, 15) is 4.79 Å². The summed E-state index contributed by atoms with van der Waals surface area (Å²) in [6, 6.07) is 5.59. The summed E-state index contributed by atoms with van der Waals surface area (Å²) in [7, 11) is 0. The molecule has 2 rings (SSSR count). The maximum atomic E-state index is 11.5. The molecule has 0 unspecified atom stereocenters.